The third kappa shape index (κ3) is 4.48. The van der Waals surface area contributed by atoms with Gasteiger partial charge in [-0.15, -0.1) is 0 Å². The van der Waals surface area contributed by atoms with Gasteiger partial charge in [-0.2, -0.15) is 0 Å². The quantitative estimate of drug-likeness (QED) is 0.598. The van der Waals surface area contributed by atoms with Gasteiger partial charge in [0.05, 0.1) is 6.10 Å². The molecule has 0 radical (unpaired) electrons. The summed E-state index contributed by atoms with van der Waals surface area (Å²) < 4.78 is 0. The van der Waals surface area contributed by atoms with E-state index in [-0.39, 0.29) is 6.10 Å². The van der Waals surface area contributed by atoms with Crippen LogP contribution in [0.1, 0.15) is 46.0 Å². The molecule has 0 bridgehead atoms. The molecule has 1 rings (SSSR count). The van der Waals surface area contributed by atoms with E-state index in [9.17, 15) is 5.11 Å². The second-order valence-corrected chi connectivity index (χ2v) is 4.56. The van der Waals surface area contributed by atoms with Crippen LogP contribution in [0.15, 0.2) is 35.5 Å². The maximum absolute atomic E-state index is 9.87. The topological polar surface area (TPSA) is 20.2 Å². The zero-order valence-corrected chi connectivity index (χ0v) is 9.92. The molecule has 0 aromatic carbocycles. The van der Waals surface area contributed by atoms with Crippen LogP contribution in [-0.4, -0.2) is 11.2 Å². The Labute approximate surface area is 93.2 Å². The first-order valence-electron chi connectivity index (χ1n) is 5.76. The normalized spacial score (nSPS) is 25.3. The lowest BCUT2D eigenvalue weighted by atomic mass is 10.00. The largest absolute Gasteiger partial charge is 0.388 e. The summed E-state index contributed by atoms with van der Waals surface area (Å²) >= 11 is 0. The molecule has 1 atom stereocenters. The first kappa shape index (κ1) is 12.3. The molecule has 84 valence electrons. The molecule has 0 aromatic heterocycles. The minimum Gasteiger partial charge on any atom is -0.388 e. The van der Waals surface area contributed by atoms with Crippen LogP contribution in [0.25, 0.3) is 0 Å². The second kappa shape index (κ2) is 5.92. The smallest absolute Gasteiger partial charge is 0.0784 e. The molecule has 15 heavy (non-hydrogen) atoms. The average Bonchev–Trinajstić information content (AvgIpc) is 2.18. The molecule has 0 aromatic rings. The fourth-order valence-corrected chi connectivity index (χ4v) is 1.85. The molecule has 1 unspecified atom stereocenters. The lowest BCUT2D eigenvalue weighted by Gasteiger charge is -2.13. The summed E-state index contributed by atoms with van der Waals surface area (Å²) in [5, 5.41) is 9.87. The predicted molar refractivity (Wildman–Crippen MR) is 65.7 cm³/mol. The molecule has 0 saturated heterocycles. The molecular formula is C14H22O. The standard InChI is InChI=1S/C14H22O/c1-11-6-4-8-12(2)10-14(15)13(3)9-5-7-11/h7-8,14-15H,3-6,9-10H2,1-2H3. The summed E-state index contributed by atoms with van der Waals surface area (Å²) in [6, 6.07) is 0. The van der Waals surface area contributed by atoms with Crippen molar-refractivity contribution in [3.63, 3.8) is 0 Å². The van der Waals surface area contributed by atoms with Crippen LogP contribution in [-0.2, 0) is 0 Å². The van der Waals surface area contributed by atoms with E-state index in [1.54, 1.807) is 0 Å². The van der Waals surface area contributed by atoms with E-state index in [0.717, 1.165) is 37.7 Å². The van der Waals surface area contributed by atoms with Crippen molar-refractivity contribution >= 4 is 0 Å². The molecule has 0 amide bonds. The third-order valence-electron chi connectivity index (χ3n) is 2.98. The summed E-state index contributed by atoms with van der Waals surface area (Å²) in [7, 11) is 0. The molecule has 1 aliphatic carbocycles. The number of hydrogen-bond acceptors (Lipinski definition) is 1. The lowest BCUT2D eigenvalue weighted by Crippen LogP contribution is -2.09. The number of aliphatic hydroxyl groups excluding tert-OH is 1. The number of aliphatic hydroxyl groups is 1. The summed E-state index contributed by atoms with van der Waals surface area (Å²) in [6.07, 6.45) is 9.05. The van der Waals surface area contributed by atoms with Crippen LogP contribution in [0.3, 0.4) is 0 Å². The van der Waals surface area contributed by atoms with E-state index in [0.29, 0.717) is 0 Å². The van der Waals surface area contributed by atoms with Crippen molar-refractivity contribution in [3.05, 3.63) is 35.5 Å². The van der Waals surface area contributed by atoms with Crippen molar-refractivity contribution < 1.29 is 5.11 Å². The van der Waals surface area contributed by atoms with E-state index in [1.165, 1.54) is 11.1 Å². The Morgan fingerprint density at radius 3 is 2.47 bits per heavy atom. The molecule has 0 heterocycles. The maximum atomic E-state index is 9.87. The van der Waals surface area contributed by atoms with Crippen molar-refractivity contribution in [2.45, 2.75) is 52.1 Å². The van der Waals surface area contributed by atoms with Gasteiger partial charge in [0, 0.05) is 0 Å². The van der Waals surface area contributed by atoms with Crippen LogP contribution in [0.5, 0.6) is 0 Å². The SMILES string of the molecule is C=C1CCC=C(C)CCC=C(C)CC1O. The van der Waals surface area contributed by atoms with Gasteiger partial charge in [-0.3, -0.25) is 0 Å². The minimum absolute atomic E-state index is 0.354. The summed E-state index contributed by atoms with van der Waals surface area (Å²) in [6.45, 7) is 8.22. The average molecular weight is 206 g/mol. The molecule has 1 N–H and O–H groups in total. The highest BCUT2D eigenvalue weighted by atomic mass is 16.3. The molecule has 1 aliphatic rings. The molecule has 1 nitrogen and oxygen atoms in total. The Kier molecular flexibility index (Phi) is 4.83. The third-order valence-corrected chi connectivity index (χ3v) is 2.98. The lowest BCUT2D eigenvalue weighted by molar-refractivity contribution is 0.207. The van der Waals surface area contributed by atoms with Crippen molar-refractivity contribution in [2.75, 3.05) is 0 Å². The highest BCUT2D eigenvalue weighted by molar-refractivity contribution is 5.13. The van der Waals surface area contributed by atoms with Crippen molar-refractivity contribution in [2.24, 2.45) is 0 Å². The number of hydrogen-bond donors (Lipinski definition) is 1. The highest BCUT2D eigenvalue weighted by Crippen LogP contribution is 2.19. The number of rotatable bonds is 0. The van der Waals surface area contributed by atoms with Gasteiger partial charge in [-0.05, 0) is 51.5 Å². The van der Waals surface area contributed by atoms with Gasteiger partial charge < -0.3 is 5.11 Å². The van der Waals surface area contributed by atoms with Crippen molar-refractivity contribution in [3.8, 4) is 0 Å². The van der Waals surface area contributed by atoms with Crippen LogP contribution < -0.4 is 0 Å². The van der Waals surface area contributed by atoms with Crippen molar-refractivity contribution in [1.82, 2.24) is 0 Å². The Morgan fingerprint density at radius 2 is 1.73 bits per heavy atom. The Bertz CT molecular complexity index is 284. The monoisotopic (exact) mass is 206 g/mol. The van der Waals surface area contributed by atoms with Crippen LogP contribution in [0.2, 0.25) is 0 Å². The van der Waals surface area contributed by atoms with Crippen LogP contribution >= 0.6 is 0 Å². The van der Waals surface area contributed by atoms with E-state index < -0.39 is 0 Å². The molecule has 0 spiro atoms. The summed E-state index contributed by atoms with van der Waals surface area (Å²) in [5.41, 5.74) is 3.69. The van der Waals surface area contributed by atoms with Gasteiger partial charge >= 0.3 is 0 Å². The van der Waals surface area contributed by atoms with Gasteiger partial charge in [0.2, 0.25) is 0 Å². The van der Waals surface area contributed by atoms with E-state index in [1.807, 2.05) is 0 Å². The summed E-state index contributed by atoms with van der Waals surface area (Å²) in [4.78, 5) is 0. The first-order valence-corrected chi connectivity index (χ1v) is 5.76. The second-order valence-electron chi connectivity index (χ2n) is 4.56. The van der Waals surface area contributed by atoms with Gasteiger partial charge in [-0.25, -0.2) is 0 Å². The van der Waals surface area contributed by atoms with Gasteiger partial charge in [0.1, 0.15) is 0 Å². The van der Waals surface area contributed by atoms with Gasteiger partial charge in [-0.1, -0.05) is 29.9 Å². The first-order chi connectivity index (χ1) is 7.09. The molecule has 0 fully saturated rings. The molecular weight excluding hydrogens is 184 g/mol. The van der Waals surface area contributed by atoms with E-state index in [4.69, 9.17) is 0 Å². The highest BCUT2D eigenvalue weighted by Gasteiger charge is 2.09. The molecule has 0 aliphatic heterocycles. The van der Waals surface area contributed by atoms with Crippen LogP contribution in [0, 0.1) is 0 Å². The van der Waals surface area contributed by atoms with Crippen LogP contribution in [0.4, 0.5) is 0 Å². The number of allylic oxidation sites excluding steroid dienone is 3. The predicted octanol–water partition coefficient (Wildman–Crippen LogP) is 3.76. The summed E-state index contributed by atoms with van der Waals surface area (Å²) in [5.74, 6) is 0. The zero-order valence-electron chi connectivity index (χ0n) is 9.92. The Hall–Kier alpha value is -0.820. The van der Waals surface area contributed by atoms with E-state index >= 15 is 0 Å². The fraction of sp³-hybridized carbons (Fsp3) is 0.571. The van der Waals surface area contributed by atoms with Gasteiger partial charge in [0.15, 0.2) is 0 Å². The maximum Gasteiger partial charge on any atom is 0.0784 e. The Balaban J connectivity index is 2.70. The molecule has 0 saturated carbocycles. The van der Waals surface area contributed by atoms with Crippen molar-refractivity contribution in [1.29, 1.82) is 0 Å². The fourth-order valence-electron chi connectivity index (χ4n) is 1.85. The molecule has 1 heteroatoms. The zero-order chi connectivity index (χ0) is 11.3. The van der Waals surface area contributed by atoms with E-state index in [2.05, 4.69) is 32.6 Å². The van der Waals surface area contributed by atoms with Gasteiger partial charge in [0.25, 0.3) is 0 Å². The minimum atomic E-state index is -0.354. The Morgan fingerprint density at radius 1 is 1.13 bits per heavy atom.